The molecule has 1 saturated carbocycles. The monoisotopic (exact) mass is 396 g/mol. The Hall–Kier alpha value is -2.70. The highest BCUT2D eigenvalue weighted by Gasteiger charge is 2.55. The van der Waals surface area contributed by atoms with Gasteiger partial charge in [0.15, 0.2) is 0 Å². The molecule has 2 amide bonds. The maximum Gasteiger partial charge on any atom is 0.227 e. The molecule has 1 aromatic heterocycles. The van der Waals surface area contributed by atoms with Crippen molar-refractivity contribution < 1.29 is 14.1 Å². The molecule has 2 fully saturated rings. The van der Waals surface area contributed by atoms with Gasteiger partial charge in [0.05, 0.1) is 0 Å². The van der Waals surface area contributed by atoms with Gasteiger partial charge in [0.25, 0.3) is 0 Å². The molecule has 7 nitrogen and oxygen atoms in total. The van der Waals surface area contributed by atoms with E-state index in [0.29, 0.717) is 24.6 Å². The molecule has 1 saturated heterocycles. The van der Waals surface area contributed by atoms with E-state index in [0.717, 1.165) is 37.9 Å². The molecule has 1 unspecified atom stereocenters. The lowest BCUT2D eigenvalue weighted by Gasteiger charge is -2.33. The molecule has 4 rings (SSSR count). The standard InChI is InChI=1S/C22H28N4O3/c1-15(2)21(28)23-17-14-22(17)10-12-26(13-11-22)19(27)9-8-18-24-20(25-29-18)16-6-4-3-5-7-16/h3-7,15,17H,8-14H2,1-2H3,(H,23,28). The van der Waals surface area contributed by atoms with Crippen molar-refractivity contribution in [2.24, 2.45) is 11.3 Å². The summed E-state index contributed by atoms with van der Waals surface area (Å²) in [5, 5.41) is 7.15. The zero-order valence-corrected chi connectivity index (χ0v) is 17.1. The molecule has 0 bridgehead atoms. The lowest BCUT2D eigenvalue weighted by Crippen LogP contribution is -2.42. The van der Waals surface area contributed by atoms with Gasteiger partial charge in [-0.2, -0.15) is 4.98 Å². The molecule has 1 spiro atoms. The van der Waals surface area contributed by atoms with Crippen LogP contribution in [0.4, 0.5) is 0 Å². The number of aromatic nitrogens is 2. The molecule has 1 atom stereocenters. The van der Waals surface area contributed by atoms with Gasteiger partial charge in [-0.25, -0.2) is 0 Å². The van der Waals surface area contributed by atoms with Crippen molar-refractivity contribution >= 4 is 11.8 Å². The molecule has 1 aromatic carbocycles. The highest BCUT2D eigenvalue weighted by atomic mass is 16.5. The lowest BCUT2D eigenvalue weighted by atomic mass is 9.92. The Morgan fingerprint density at radius 2 is 1.97 bits per heavy atom. The third-order valence-corrected chi connectivity index (χ3v) is 6.20. The highest BCUT2D eigenvalue weighted by molar-refractivity contribution is 5.79. The molecule has 1 N–H and O–H groups in total. The Kier molecular flexibility index (Phi) is 5.39. The van der Waals surface area contributed by atoms with Crippen LogP contribution in [0.1, 0.15) is 45.4 Å². The van der Waals surface area contributed by atoms with E-state index >= 15 is 0 Å². The van der Waals surface area contributed by atoms with Crippen molar-refractivity contribution in [3.8, 4) is 11.4 Å². The van der Waals surface area contributed by atoms with Crippen molar-refractivity contribution in [1.29, 1.82) is 0 Å². The fourth-order valence-corrected chi connectivity index (χ4v) is 4.08. The largest absolute Gasteiger partial charge is 0.353 e. The van der Waals surface area contributed by atoms with Gasteiger partial charge in [-0.3, -0.25) is 9.59 Å². The predicted octanol–water partition coefficient (Wildman–Crippen LogP) is 2.82. The van der Waals surface area contributed by atoms with Gasteiger partial charge in [-0.05, 0) is 24.7 Å². The molecule has 154 valence electrons. The van der Waals surface area contributed by atoms with Gasteiger partial charge in [0.2, 0.25) is 23.5 Å². The van der Waals surface area contributed by atoms with Crippen LogP contribution in [0.5, 0.6) is 0 Å². The molecule has 29 heavy (non-hydrogen) atoms. The number of rotatable bonds is 6. The zero-order valence-electron chi connectivity index (χ0n) is 17.1. The van der Waals surface area contributed by atoms with Gasteiger partial charge >= 0.3 is 0 Å². The summed E-state index contributed by atoms with van der Waals surface area (Å²) in [6.07, 6.45) is 3.78. The van der Waals surface area contributed by atoms with E-state index < -0.39 is 0 Å². The first-order chi connectivity index (χ1) is 14.0. The fraction of sp³-hybridized carbons (Fsp3) is 0.545. The van der Waals surface area contributed by atoms with E-state index in [2.05, 4.69) is 15.5 Å². The van der Waals surface area contributed by atoms with E-state index in [9.17, 15) is 9.59 Å². The second-order valence-electron chi connectivity index (χ2n) is 8.54. The molecular formula is C22H28N4O3. The average Bonchev–Trinajstić information content (AvgIpc) is 3.16. The smallest absolute Gasteiger partial charge is 0.227 e. The molecule has 7 heteroatoms. The van der Waals surface area contributed by atoms with E-state index in [1.165, 1.54) is 0 Å². The second-order valence-corrected chi connectivity index (χ2v) is 8.54. The van der Waals surface area contributed by atoms with Crippen LogP contribution >= 0.6 is 0 Å². The minimum absolute atomic E-state index is 0.0152. The van der Waals surface area contributed by atoms with Crippen LogP contribution in [-0.4, -0.2) is 46.0 Å². The summed E-state index contributed by atoms with van der Waals surface area (Å²) in [7, 11) is 0. The summed E-state index contributed by atoms with van der Waals surface area (Å²) in [6.45, 7) is 5.34. The SMILES string of the molecule is CC(C)C(=O)NC1CC12CCN(C(=O)CCc1nc(-c3ccccc3)no1)CC2. The summed E-state index contributed by atoms with van der Waals surface area (Å²) < 4.78 is 5.30. The first kappa shape index (κ1) is 19.6. The third kappa shape index (κ3) is 4.33. The fourth-order valence-electron chi connectivity index (χ4n) is 4.08. The van der Waals surface area contributed by atoms with Gasteiger partial charge < -0.3 is 14.7 Å². The number of nitrogens with one attached hydrogen (secondary N) is 1. The quantitative estimate of drug-likeness (QED) is 0.811. The summed E-state index contributed by atoms with van der Waals surface area (Å²) in [5.41, 5.74) is 1.11. The van der Waals surface area contributed by atoms with Crippen molar-refractivity contribution in [1.82, 2.24) is 20.4 Å². The third-order valence-electron chi connectivity index (χ3n) is 6.20. The number of aryl methyl sites for hydroxylation is 1. The topological polar surface area (TPSA) is 88.3 Å². The summed E-state index contributed by atoms with van der Waals surface area (Å²) in [5.74, 6) is 1.31. The maximum atomic E-state index is 12.6. The maximum absolute atomic E-state index is 12.6. The van der Waals surface area contributed by atoms with Crippen LogP contribution in [-0.2, 0) is 16.0 Å². The van der Waals surface area contributed by atoms with Gasteiger partial charge in [-0.15, -0.1) is 0 Å². The van der Waals surface area contributed by atoms with Crippen LogP contribution in [0.3, 0.4) is 0 Å². The number of hydrogen-bond donors (Lipinski definition) is 1. The first-order valence-electron chi connectivity index (χ1n) is 10.4. The number of carbonyl (C=O) groups excluding carboxylic acids is 2. The second kappa shape index (κ2) is 7.97. The van der Waals surface area contributed by atoms with E-state index in [1.807, 2.05) is 49.1 Å². The van der Waals surface area contributed by atoms with E-state index in [4.69, 9.17) is 4.52 Å². The average molecular weight is 396 g/mol. The molecular weight excluding hydrogens is 368 g/mol. The minimum atomic E-state index is 0.0152. The summed E-state index contributed by atoms with van der Waals surface area (Å²) in [6, 6.07) is 9.93. The van der Waals surface area contributed by atoms with Gasteiger partial charge in [-0.1, -0.05) is 49.3 Å². The van der Waals surface area contributed by atoms with Crippen LogP contribution in [0, 0.1) is 11.3 Å². The number of piperidine rings is 1. The van der Waals surface area contributed by atoms with Crippen molar-refractivity contribution in [2.45, 2.75) is 52.0 Å². The Morgan fingerprint density at radius 3 is 2.66 bits per heavy atom. The van der Waals surface area contributed by atoms with Crippen molar-refractivity contribution in [3.63, 3.8) is 0 Å². The summed E-state index contributed by atoms with van der Waals surface area (Å²) in [4.78, 5) is 30.8. The van der Waals surface area contributed by atoms with Gasteiger partial charge in [0, 0.05) is 43.5 Å². The molecule has 0 radical (unpaired) electrons. The summed E-state index contributed by atoms with van der Waals surface area (Å²) >= 11 is 0. The molecule has 1 aliphatic carbocycles. The van der Waals surface area contributed by atoms with Crippen LogP contribution in [0.25, 0.3) is 11.4 Å². The predicted molar refractivity (Wildman–Crippen MR) is 108 cm³/mol. The van der Waals surface area contributed by atoms with Crippen LogP contribution in [0.2, 0.25) is 0 Å². The number of nitrogens with zero attached hydrogens (tertiary/aromatic N) is 3. The highest BCUT2D eigenvalue weighted by Crippen LogP contribution is 2.54. The number of benzene rings is 1. The number of amides is 2. The molecule has 2 heterocycles. The molecule has 1 aliphatic heterocycles. The normalized spacial score (nSPS) is 20.1. The Balaban J connectivity index is 1.23. The number of likely N-dealkylation sites (tertiary alicyclic amines) is 1. The minimum Gasteiger partial charge on any atom is -0.353 e. The van der Waals surface area contributed by atoms with Crippen LogP contribution < -0.4 is 5.32 Å². The van der Waals surface area contributed by atoms with E-state index in [1.54, 1.807) is 0 Å². The van der Waals surface area contributed by atoms with Crippen molar-refractivity contribution in [3.05, 3.63) is 36.2 Å². The number of carbonyl (C=O) groups is 2. The first-order valence-corrected chi connectivity index (χ1v) is 10.4. The van der Waals surface area contributed by atoms with Crippen molar-refractivity contribution in [2.75, 3.05) is 13.1 Å². The van der Waals surface area contributed by atoms with Crippen LogP contribution in [0.15, 0.2) is 34.9 Å². The van der Waals surface area contributed by atoms with Gasteiger partial charge in [0.1, 0.15) is 0 Å². The Bertz CT molecular complexity index is 869. The zero-order chi connectivity index (χ0) is 20.4. The Labute approximate surface area is 170 Å². The van der Waals surface area contributed by atoms with E-state index in [-0.39, 0.29) is 29.2 Å². The molecule has 2 aromatic rings. The number of hydrogen-bond acceptors (Lipinski definition) is 5. The molecule has 2 aliphatic rings. The lowest BCUT2D eigenvalue weighted by molar-refractivity contribution is -0.133. The Morgan fingerprint density at radius 1 is 1.24 bits per heavy atom.